The lowest BCUT2D eigenvalue weighted by molar-refractivity contribution is -0.0275. The van der Waals surface area contributed by atoms with Gasteiger partial charge in [-0.3, -0.25) is 4.68 Å². The van der Waals surface area contributed by atoms with Gasteiger partial charge in [-0.25, -0.2) is 0 Å². The number of nitrogens with zero attached hydrogens (tertiary/aromatic N) is 2. The Kier molecular flexibility index (Phi) is 8.31. The maximum Gasteiger partial charge on any atom is 0.0781 e. The summed E-state index contributed by atoms with van der Waals surface area (Å²) in [4.78, 5) is 0. The van der Waals surface area contributed by atoms with Crippen LogP contribution in [0.25, 0.3) is 0 Å². The molecule has 1 aromatic carbocycles. The maximum absolute atomic E-state index is 5.69. The molecular weight excluding hydrogens is 360 g/mol. The maximum atomic E-state index is 5.69. The SMILES string of the molecule is CC(COCCOCc1ccccc1)OCCn1cc(Br)cn1. The Morgan fingerprint density at radius 3 is 2.65 bits per heavy atom. The van der Waals surface area contributed by atoms with Gasteiger partial charge in [0.25, 0.3) is 0 Å². The minimum atomic E-state index is 0.0585. The van der Waals surface area contributed by atoms with Crippen molar-refractivity contribution in [3.8, 4) is 0 Å². The topological polar surface area (TPSA) is 45.5 Å². The second-order valence-electron chi connectivity index (χ2n) is 5.22. The van der Waals surface area contributed by atoms with Crippen molar-refractivity contribution in [2.45, 2.75) is 26.2 Å². The van der Waals surface area contributed by atoms with E-state index in [0.29, 0.717) is 33.0 Å². The van der Waals surface area contributed by atoms with Crippen LogP contribution in [0.5, 0.6) is 0 Å². The molecule has 1 atom stereocenters. The molecule has 0 fully saturated rings. The van der Waals surface area contributed by atoms with Crippen LogP contribution >= 0.6 is 15.9 Å². The number of hydrogen-bond acceptors (Lipinski definition) is 4. The molecule has 0 amide bonds. The number of rotatable bonds is 11. The molecule has 0 aliphatic carbocycles. The Morgan fingerprint density at radius 2 is 1.91 bits per heavy atom. The lowest BCUT2D eigenvalue weighted by Gasteiger charge is -2.13. The highest BCUT2D eigenvalue weighted by Gasteiger charge is 2.03. The van der Waals surface area contributed by atoms with E-state index in [9.17, 15) is 0 Å². The average molecular weight is 383 g/mol. The van der Waals surface area contributed by atoms with Crippen LogP contribution < -0.4 is 0 Å². The average Bonchev–Trinajstić information content (AvgIpc) is 2.97. The van der Waals surface area contributed by atoms with Crippen LogP contribution in [0, 0.1) is 0 Å². The van der Waals surface area contributed by atoms with E-state index in [0.717, 1.165) is 11.0 Å². The molecule has 1 unspecified atom stereocenters. The number of ether oxygens (including phenoxy) is 3. The van der Waals surface area contributed by atoms with Crippen molar-refractivity contribution in [3.05, 3.63) is 52.8 Å². The van der Waals surface area contributed by atoms with E-state index in [1.807, 2.05) is 36.0 Å². The van der Waals surface area contributed by atoms with Gasteiger partial charge >= 0.3 is 0 Å². The Labute approximate surface area is 145 Å². The molecule has 5 nitrogen and oxygen atoms in total. The predicted octanol–water partition coefficient (Wildman–Crippen LogP) is 3.28. The Hall–Kier alpha value is -1.21. The van der Waals surface area contributed by atoms with Gasteiger partial charge in [-0.2, -0.15) is 5.10 Å². The molecule has 1 heterocycles. The van der Waals surface area contributed by atoms with Gasteiger partial charge in [-0.05, 0) is 28.4 Å². The number of halogens is 1. The van der Waals surface area contributed by atoms with Crippen LogP contribution in [0.1, 0.15) is 12.5 Å². The van der Waals surface area contributed by atoms with Crippen LogP contribution in [0.15, 0.2) is 47.2 Å². The van der Waals surface area contributed by atoms with Crippen LogP contribution in [0.4, 0.5) is 0 Å². The van der Waals surface area contributed by atoms with Crippen molar-refractivity contribution < 1.29 is 14.2 Å². The summed E-state index contributed by atoms with van der Waals surface area (Å²) in [7, 11) is 0. The van der Waals surface area contributed by atoms with Gasteiger partial charge < -0.3 is 14.2 Å². The zero-order valence-corrected chi connectivity index (χ0v) is 14.9. The highest BCUT2D eigenvalue weighted by molar-refractivity contribution is 9.10. The molecule has 126 valence electrons. The van der Waals surface area contributed by atoms with Crippen LogP contribution in [0.3, 0.4) is 0 Å². The van der Waals surface area contributed by atoms with Crippen molar-refractivity contribution in [1.82, 2.24) is 9.78 Å². The Morgan fingerprint density at radius 1 is 1.13 bits per heavy atom. The van der Waals surface area contributed by atoms with Crippen molar-refractivity contribution in [2.75, 3.05) is 26.4 Å². The fraction of sp³-hybridized carbons (Fsp3) is 0.471. The fourth-order valence-electron chi connectivity index (χ4n) is 1.99. The molecule has 0 saturated heterocycles. The minimum absolute atomic E-state index is 0.0585. The summed E-state index contributed by atoms with van der Waals surface area (Å²) in [5, 5.41) is 4.18. The molecule has 0 radical (unpaired) electrons. The number of benzene rings is 1. The summed E-state index contributed by atoms with van der Waals surface area (Å²) in [6, 6.07) is 10.1. The largest absolute Gasteiger partial charge is 0.376 e. The second-order valence-corrected chi connectivity index (χ2v) is 6.13. The van der Waals surface area contributed by atoms with E-state index < -0.39 is 0 Å². The molecule has 0 bridgehead atoms. The third-order valence-electron chi connectivity index (χ3n) is 3.16. The van der Waals surface area contributed by atoms with Crippen LogP contribution in [-0.4, -0.2) is 42.3 Å². The van der Waals surface area contributed by atoms with E-state index in [1.165, 1.54) is 5.56 Å². The van der Waals surface area contributed by atoms with Crippen molar-refractivity contribution in [3.63, 3.8) is 0 Å². The summed E-state index contributed by atoms with van der Waals surface area (Å²) < 4.78 is 19.6. The van der Waals surface area contributed by atoms with E-state index >= 15 is 0 Å². The first-order valence-electron chi connectivity index (χ1n) is 7.73. The number of aromatic nitrogens is 2. The van der Waals surface area contributed by atoms with E-state index in [2.05, 4.69) is 33.2 Å². The molecule has 1 aromatic heterocycles. The van der Waals surface area contributed by atoms with Crippen LogP contribution in [0.2, 0.25) is 0 Å². The zero-order chi connectivity index (χ0) is 16.3. The first kappa shape index (κ1) is 18.1. The van der Waals surface area contributed by atoms with Gasteiger partial charge in [0.1, 0.15) is 0 Å². The molecular formula is C17H23BrN2O3. The third-order valence-corrected chi connectivity index (χ3v) is 3.57. The molecule has 2 rings (SSSR count). The van der Waals surface area contributed by atoms with Gasteiger partial charge in [-0.1, -0.05) is 30.3 Å². The summed E-state index contributed by atoms with van der Waals surface area (Å²) in [5.74, 6) is 0. The van der Waals surface area contributed by atoms with Gasteiger partial charge in [0.15, 0.2) is 0 Å². The van der Waals surface area contributed by atoms with Crippen molar-refractivity contribution in [1.29, 1.82) is 0 Å². The molecule has 2 aromatic rings. The molecule has 0 aliphatic rings. The quantitative estimate of drug-likeness (QED) is 0.559. The fourth-order valence-corrected chi connectivity index (χ4v) is 2.32. The van der Waals surface area contributed by atoms with E-state index in [1.54, 1.807) is 6.20 Å². The van der Waals surface area contributed by atoms with E-state index in [-0.39, 0.29) is 6.10 Å². The zero-order valence-electron chi connectivity index (χ0n) is 13.4. The molecule has 0 saturated carbocycles. The summed E-state index contributed by atoms with van der Waals surface area (Å²) >= 11 is 3.37. The molecule has 0 aliphatic heterocycles. The first-order valence-corrected chi connectivity index (χ1v) is 8.52. The van der Waals surface area contributed by atoms with Crippen LogP contribution in [-0.2, 0) is 27.4 Å². The van der Waals surface area contributed by atoms with Gasteiger partial charge in [0, 0.05) is 6.20 Å². The van der Waals surface area contributed by atoms with Crippen molar-refractivity contribution >= 4 is 15.9 Å². The van der Waals surface area contributed by atoms with Gasteiger partial charge in [0.05, 0.1) is 56.4 Å². The highest BCUT2D eigenvalue weighted by Crippen LogP contribution is 2.06. The summed E-state index contributed by atoms with van der Waals surface area (Å²) in [6.45, 7) is 5.70. The van der Waals surface area contributed by atoms with Gasteiger partial charge in [-0.15, -0.1) is 0 Å². The number of hydrogen-bond donors (Lipinski definition) is 0. The lowest BCUT2D eigenvalue weighted by Crippen LogP contribution is -2.20. The highest BCUT2D eigenvalue weighted by atomic mass is 79.9. The lowest BCUT2D eigenvalue weighted by atomic mass is 10.2. The Bertz CT molecular complexity index is 548. The minimum Gasteiger partial charge on any atom is -0.376 e. The summed E-state index contributed by atoms with van der Waals surface area (Å²) in [6.07, 6.45) is 3.75. The smallest absolute Gasteiger partial charge is 0.0781 e. The molecule has 6 heteroatoms. The monoisotopic (exact) mass is 382 g/mol. The molecule has 0 spiro atoms. The predicted molar refractivity (Wildman–Crippen MR) is 92.3 cm³/mol. The first-order chi connectivity index (χ1) is 11.2. The van der Waals surface area contributed by atoms with Crippen molar-refractivity contribution in [2.24, 2.45) is 0 Å². The normalized spacial score (nSPS) is 12.4. The molecule has 0 N–H and O–H groups in total. The van der Waals surface area contributed by atoms with Gasteiger partial charge in [0.2, 0.25) is 0 Å². The molecule has 23 heavy (non-hydrogen) atoms. The third kappa shape index (κ3) is 7.74. The standard InChI is InChI=1S/C17H23BrN2O3/c1-15(23-8-7-20-12-17(18)11-19-20)13-21-9-10-22-14-16-5-3-2-4-6-16/h2-6,11-12,15H,7-10,13-14H2,1H3. The summed E-state index contributed by atoms with van der Waals surface area (Å²) in [5.41, 5.74) is 1.18. The van der Waals surface area contributed by atoms with E-state index in [4.69, 9.17) is 14.2 Å². The Balaban J connectivity index is 1.44. The second kappa shape index (κ2) is 10.5.